The monoisotopic (exact) mass is 1220 g/mol. The zero-order valence-electron chi connectivity index (χ0n) is 52.9. The number of ether oxygens (including phenoxy) is 2. The van der Waals surface area contributed by atoms with Gasteiger partial charge in [0.25, 0.3) is 0 Å². The largest absolute Gasteiger partial charge is 0.466 e. The van der Waals surface area contributed by atoms with E-state index in [1.807, 2.05) is 61.3 Å². The lowest BCUT2D eigenvalue weighted by molar-refractivity contribution is -0.144. The molecule has 0 aliphatic rings. The zero-order valence-corrected chi connectivity index (χ0v) is 54.5. The molecule has 0 atom stereocenters. The lowest BCUT2D eigenvalue weighted by Crippen LogP contribution is -2.27. The van der Waals surface area contributed by atoms with Crippen LogP contribution in [0, 0.1) is 27.7 Å². The van der Waals surface area contributed by atoms with Gasteiger partial charge in [0, 0.05) is 24.2 Å². The fourth-order valence-corrected chi connectivity index (χ4v) is 12.3. The molecule has 472 valence electrons. The maximum atomic E-state index is 12.8. The predicted molar refractivity (Wildman–Crippen MR) is 350 cm³/mol. The van der Waals surface area contributed by atoms with E-state index in [0.717, 1.165) is 77.4 Å². The van der Waals surface area contributed by atoms with E-state index in [2.05, 4.69) is 69.9 Å². The normalized spacial score (nSPS) is 11.6. The minimum absolute atomic E-state index is 0.00154. The Morgan fingerprint density at radius 2 is 0.674 bits per heavy atom. The van der Waals surface area contributed by atoms with Gasteiger partial charge in [-0.15, -0.1) is 0 Å². The molecule has 0 fully saturated rings. The molecule has 0 saturated carbocycles. The van der Waals surface area contributed by atoms with E-state index in [9.17, 15) is 26.4 Å². The number of esters is 2. The summed E-state index contributed by atoms with van der Waals surface area (Å²) in [7, 11) is -7.51. The van der Waals surface area contributed by atoms with Gasteiger partial charge in [-0.2, -0.15) is 10.2 Å². The minimum atomic E-state index is -3.76. The summed E-state index contributed by atoms with van der Waals surface area (Å²) in [6.45, 7) is 13.2. The Balaban J connectivity index is 0.000000317. The summed E-state index contributed by atoms with van der Waals surface area (Å²) in [5.74, 6) is -0.761. The first kappa shape index (κ1) is 70.8. The number of unbranched alkanes of at least 4 members (excludes halogenated alkanes) is 24. The minimum Gasteiger partial charge on any atom is -0.466 e. The first-order valence-corrected chi connectivity index (χ1v) is 35.4. The lowest BCUT2D eigenvalue weighted by atomic mass is 10.0. The maximum absolute atomic E-state index is 12.8. The Morgan fingerprint density at radius 1 is 0.395 bits per heavy atom. The highest BCUT2D eigenvalue weighted by Crippen LogP contribution is 2.27. The van der Waals surface area contributed by atoms with Gasteiger partial charge in [0.1, 0.15) is 0 Å². The van der Waals surface area contributed by atoms with Crippen molar-refractivity contribution in [3.05, 3.63) is 132 Å². The summed E-state index contributed by atoms with van der Waals surface area (Å²) in [4.78, 5) is 24.4. The Bertz CT molecular complexity index is 3080. The number of rotatable bonds is 42. The van der Waals surface area contributed by atoms with E-state index >= 15 is 0 Å². The van der Waals surface area contributed by atoms with E-state index in [1.54, 1.807) is 48.5 Å². The number of carbonyl (C=O) groups excluding carboxylic acids is 2. The average Bonchev–Trinajstić information content (AvgIpc) is 2.45. The van der Waals surface area contributed by atoms with Gasteiger partial charge < -0.3 is 9.47 Å². The van der Waals surface area contributed by atoms with E-state index in [1.165, 1.54) is 146 Å². The SMILES string of the molecule is CCCCCCCCCCCCCCCCCCOC(=O)CCNS(=O)(=O)c1ccc(-n2nc(C)cc2-c2ccc(C)cc2)cc1.CCCCCCCCCCCCOC(=O)CCNS(=O)(=O)c1ccc(-n2nc(C)cc2-c2ccc(C)cc2)cc1. The van der Waals surface area contributed by atoms with Crippen LogP contribution >= 0.6 is 0 Å². The molecule has 86 heavy (non-hydrogen) atoms. The van der Waals surface area contributed by atoms with E-state index in [0.29, 0.717) is 13.2 Å². The molecule has 0 saturated heterocycles. The first-order valence-electron chi connectivity index (χ1n) is 32.4. The molecule has 4 aromatic carbocycles. The molecule has 0 unspecified atom stereocenters. The van der Waals surface area contributed by atoms with Crippen LogP contribution in [-0.4, -0.2) is 74.6 Å². The third kappa shape index (κ3) is 26.6. The lowest BCUT2D eigenvalue weighted by Gasteiger charge is -2.10. The number of benzene rings is 4. The molecule has 2 heterocycles. The van der Waals surface area contributed by atoms with Crippen molar-refractivity contribution in [2.75, 3.05) is 26.3 Å². The Morgan fingerprint density at radius 3 is 0.965 bits per heavy atom. The second-order valence-electron chi connectivity index (χ2n) is 23.1. The van der Waals surface area contributed by atoms with Crippen LogP contribution < -0.4 is 9.44 Å². The van der Waals surface area contributed by atoms with Gasteiger partial charge >= 0.3 is 11.9 Å². The van der Waals surface area contributed by atoms with Gasteiger partial charge in [-0.1, -0.05) is 228 Å². The van der Waals surface area contributed by atoms with Crippen molar-refractivity contribution in [3.63, 3.8) is 0 Å². The summed E-state index contributed by atoms with van der Waals surface area (Å²) in [6, 6.07) is 33.6. The van der Waals surface area contributed by atoms with Crippen LogP contribution in [0.25, 0.3) is 33.9 Å². The van der Waals surface area contributed by atoms with Crippen molar-refractivity contribution >= 4 is 32.0 Å². The fourth-order valence-electron chi connectivity index (χ4n) is 10.3. The first-order chi connectivity index (χ1) is 41.6. The van der Waals surface area contributed by atoms with Crippen LogP contribution in [0.5, 0.6) is 0 Å². The third-order valence-corrected chi connectivity index (χ3v) is 18.4. The molecule has 6 aromatic rings. The Labute approximate surface area is 517 Å². The molecule has 2 N–H and O–H groups in total. The van der Waals surface area contributed by atoms with Crippen LogP contribution in [-0.2, 0) is 39.1 Å². The fraction of sp³-hybridized carbons (Fsp3) is 0.543. The number of aryl methyl sites for hydroxylation is 4. The molecule has 14 nitrogen and oxygen atoms in total. The summed E-state index contributed by atoms with van der Waals surface area (Å²) in [6.07, 6.45) is 33.0. The zero-order chi connectivity index (χ0) is 61.8. The Kier molecular flexibility index (Phi) is 32.7. The van der Waals surface area contributed by atoms with Crippen molar-refractivity contribution in [1.29, 1.82) is 0 Å². The Hall–Kier alpha value is -5.94. The molecule has 0 aliphatic carbocycles. The maximum Gasteiger partial charge on any atom is 0.307 e. The second kappa shape index (κ2) is 39.8. The summed E-state index contributed by atoms with van der Waals surface area (Å²) in [5, 5.41) is 9.22. The van der Waals surface area contributed by atoms with E-state index < -0.39 is 20.0 Å². The quantitative estimate of drug-likeness (QED) is 0.0277. The number of nitrogens with one attached hydrogen (secondary N) is 2. The predicted octanol–water partition coefficient (Wildman–Crippen LogP) is 16.9. The van der Waals surface area contributed by atoms with Crippen molar-refractivity contribution < 1.29 is 35.9 Å². The molecule has 0 radical (unpaired) electrons. The number of nitrogens with zero attached hydrogens (tertiary/aromatic N) is 4. The smallest absolute Gasteiger partial charge is 0.307 e. The summed E-state index contributed by atoms with van der Waals surface area (Å²) >= 11 is 0. The van der Waals surface area contributed by atoms with Crippen LogP contribution in [0.4, 0.5) is 0 Å². The highest BCUT2D eigenvalue weighted by Gasteiger charge is 2.19. The standard InChI is InChI=1S/C38H57N3O4S.C32H45N3O4S/c1-4-5-6-7-8-9-10-11-12-13-14-15-16-17-18-19-30-45-38(42)28-29-39-46(43,44)36-26-24-35(25-27-36)41-37(31-33(3)40-41)34-22-20-32(2)21-23-34;1-4-5-6-7-8-9-10-11-12-13-24-39-32(36)22-23-33-40(37,38)30-20-18-29(19-21-30)35-31(25-27(3)34-35)28-16-14-26(2)15-17-28/h20-27,31,39H,4-19,28-30H2,1-3H3;14-21,25,33H,4-13,22-24H2,1-3H3. The summed E-state index contributed by atoms with van der Waals surface area (Å²) < 4.78 is 70.4. The van der Waals surface area contributed by atoms with Gasteiger partial charge in [-0.05, 0) is 101 Å². The molecule has 0 aliphatic heterocycles. The summed E-state index contributed by atoms with van der Waals surface area (Å²) in [5.41, 5.74) is 9.55. The van der Waals surface area contributed by atoms with Crippen molar-refractivity contribution in [2.45, 2.75) is 231 Å². The average molecular weight is 1220 g/mol. The molecular weight excluding hydrogens is 1120 g/mol. The topological polar surface area (TPSA) is 181 Å². The molecule has 6 rings (SSSR count). The number of hydrogen-bond donors (Lipinski definition) is 2. The molecule has 16 heteroatoms. The highest BCUT2D eigenvalue weighted by atomic mass is 32.2. The van der Waals surface area contributed by atoms with Crippen molar-refractivity contribution in [3.8, 4) is 33.9 Å². The number of carbonyl (C=O) groups is 2. The van der Waals surface area contributed by atoms with Crippen molar-refractivity contribution in [2.24, 2.45) is 0 Å². The number of hydrogen-bond acceptors (Lipinski definition) is 10. The van der Waals surface area contributed by atoms with Crippen LogP contribution in [0.15, 0.2) is 119 Å². The molecule has 0 spiro atoms. The van der Waals surface area contributed by atoms with Crippen LogP contribution in [0.1, 0.15) is 216 Å². The van der Waals surface area contributed by atoms with E-state index in [-0.39, 0.29) is 47.7 Å². The molecule has 0 amide bonds. The van der Waals surface area contributed by atoms with Crippen LogP contribution in [0.2, 0.25) is 0 Å². The molecule has 0 bridgehead atoms. The van der Waals surface area contributed by atoms with E-state index in [4.69, 9.17) is 9.47 Å². The highest BCUT2D eigenvalue weighted by molar-refractivity contribution is 7.89. The third-order valence-electron chi connectivity index (χ3n) is 15.4. The van der Waals surface area contributed by atoms with Gasteiger partial charge in [0.15, 0.2) is 0 Å². The number of aromatic nitrogens is 4. The second-order valence-corrected chi connectivity index (χ2v) is 26.6. The van der Waals surface area contributed by atoms with Gasteiger partial charge in [-0.3, -0.25) is 9.59 Å². The number of sulfonamides is 2. The molecule has 2 aromatic heterocycles. The van der Waals surface area contributed by atoms with Gasteiger partial charge in [-0.25, -0.2) is 35.6 Å². The van der Waals surface area contributed by atoms with Crippen molar-refractivity contribution in [1.82, 2.24) is 29.0 Å². The van der Waals surface area contributed by atoms with Crippen LogP contribution in [0.3, 0.4) is 0 Å². The van der Waals surface area contributed by atoms with Gasteiger partial charge in [0.05, 0.1) is 70.0 Å². The van der Waals surface area contributed by atoms with Gasteiger partial charge in [0.2, 0.25) is 20.0 Å². The molecular formula is C70H102N6O8S2.